The number of rotatable bonds is 8. The topological polar surface area (TPSA) is 125 Å². The molecule has 5 aromatic rings. The Kier molecular flexibility index (Phi) is 5.53. The molecule has 11 heteroatoms. The molecule has 180 valence electrons. The van der Waals surface area contributed by atoms with Crippen molar-refractivity contribution in [2.75, 3.05) is 25.4 Å². The predicted octanol–water partition coefficient (Wildman–Crippen LogP) is 2.95. The molecule has 35 heavy (non-hydrogen) atoms. The summed E-state index contributed by atoms with van der Waals surface area (Å²) >= 11 is 0. The molecule has 0 spiro atoms. The third-order valence-electron chi connectivity index (χ3n) is 6.33. The molecule has 2 N–H and O–H groups in total. The fourth-order valence-corrected chi connectivity index (χ4v) is 4.43. The maximum absolute atomic E-state index is 6.22. The van der Waals surface area contributed by atoms with E-state index in [9.17, 15) is 0 Å². The van der Waals surface area contributed by atoms with Gasteiger partial charge < -0.3 is 14.9 Å². The molecule has 0 unspecified atom stereocenters. The van der Waals surface area contributed by atoms with Crippen molar-refractivity contribution in [3.8, 4) is 17.3 Å². The summed E-state index contributed by atoms with van der Waals surface area (Å²) in [5.41, 5.74) is 9.91. The van der Waals surface area contributed by atoms with Gasteiger partial charge in [0.15, 0.2) is 17.1 Å². The van der Waals surface area contributed by atoms with Gasteiger partial charge in [0.2, 0.25) is 11.8 Å². The average Bonchev–Trinajstić information content (AvgIpc) is 3.62. The first kappa shape index (κ1) is 21.5. The standard InChI is InChI=1S/C24H27N9O2/c1-2-3-10-34-17-12-16-15-31(7-6-19(16)26-13-17)8-9-32-22-18(14-27-32)23-28-21(20-5-4-11-35-20)30-33(23)24(25)29-22/h4-5,11-14H,2-3,6-10,15H2,1H3,(H2,25,29). The summed E-state index contributed by atoms with van der Waals surface area (Å²) < 4.78 is 14.7. The fraction of sp³-hybridized carbons (Fsp3) is 0.375. The molecule has 6 heterocycles. The molecular weight excluding hydrogens is 446 g/mol. The fourth-order valence-electron chi connectivity index (χ4n) is 4.43. The second-order valence-electron chi connectivity index (χ2n) is 8.73. The summed E-state index contributed by atoms with van der Waals surface area (Å²) in [4.78, 5) is 16.2. The zero-order valence-electron chi connectivity index (χ0n) is 19.6. The Balaban J connectivity index is 1.19. The highest BCUT2D eigenvalue weighted by molar-refractivity contribution is 5.90. The third-order valence-corrected chi connectivity index (χ3v) is 6.33. The van der Waals surface area contributed by atoms with Crippen LogP contribution >= 0.6 is 0 Å². The van der Waals surface area contributed by atoms with Crippen LogP contribution in [0, 0.1) is 0 Å². The summed E-state index contributed by atoms with van der Waals surface area (Å²) in [6.45, 7) is 6.18. The lowest BCUT2D eigenvalue weighted by atomic mass is 10.1. The lowest BCUT2D eigenvalue weighted by molar-refractivity contribution is 0.238. The first-order valence-electron chi connectivity index (χ1n) is 11.9. The predicted molar refractivity (Wildman–Crippen MR) is 130 cm³/mol. The van der Waals surface area contributed by atoms with Gasteiger partial charge in [-0.2, -0.15) is 14.6 Å². The summed E-state index contributed by atoms with van der Waals surface area (Å²) in [5, 5.41) is 9.82. The molecule has 0 atom stereocenters. The van der Waals surface area contributed by atoms with Crippen molar-refractivity contribution in [2.24, 2.45) is 0 Å². The molecule has 5 aromatic heterocycles. The lowest BCUT2D eigenvalue weighted by Crippen LogP contribution is -2.33. The minimum absolute atomic E-state index is 0.258. The van der Waals surface area contributed by atoms with Gasteiger partial charge in [0.05, 0.1) is 37.2 Å². The number of nitrogens with zero attached hydrogens (tertiary/aromatic N) is 8. The minimum atomic E-state index is 0.258. The van der Waals surface area contributed by atoms with Gasteiger partial charge in [0, 0.05) is 31.7 Å². The van der Waals surface area contributed by atoms with Crippen molar-refractivity contribution in [1.29, 1.82) is 0 Å². The summed E-state index contributed by atoms with van der Waals surface area (Å²) in [5.74, 6) is 2.14. The zero-order valence-corrected chi connectivity index (χ0v) is 19.6. The Morgan fingerprint density at radius 1 is 1.17 bits per heavy atom. The Morgan fingerprint density at radius 3 is 2.97 bits per heavy atom. The number of pyridine rings is 1. The molecule has 0 amide bonds. The van der Waals surface area contributed by atoms with Crippen LogP contribution in [0.1, 0.15) is 31.0 Å². The second kappa shape index (κ2) is 8.99. The number of aromatic nitrogens is 7. The Hall–Kier alpha value is -3.99. The van der Waals surface area contributed by atoms with Crippen LogP contribution in [0.25, 0.3) is 28.3 Å². The van der Waals surface area contributed by atoms with E-state index in [1.807, 2.05) is 16.9 Å². The van der Waals surface area contributed by atoms with Gasteiger partial charge in [-0.15, -0.1) is 5.10 Å². The molecule has 0 aliphatic carbocycles. The van der Waals surface area contributed by atoms with Crippen LogP contribution in [0.4, 0.5) is 5.95 Å². The Bertz CT molecular complexity index is 1470. The van der Waals surface area contributed by atoms with Crippen LogP contribution in [0.3, 0.4) is 0 Å². The summed E-state index contributed by atoms with van der Waals surface area (Å²) in [6.07, 6.45) is 8.29. The number of nitrogen functional groups attached to an aromatic ring is 1. The summed E-state index contributed by atoms with van der Waals surface area (Å²) in [6, 6.07) is 5.74. The largest absolute Gasteiger partial charge is 0.492 e. The maximum atomic E-state index is 6.22. The molecule has 6 rings (SSSR count). The van der Waals surface area contributed by atoms with Crippen molar-refractivity contribution in [2.45, 2.75) is 39.3 Å². The molecule has 0 saturated carbocycles. The normalized spacial score (nSPS) is 14.1. The van der Waals surface area contributed by atoms with E-state index in [1.165, 1.54) is 10.1 Å². The van der Waals surface area contributed by atoms with E-state index in [4.69, 9.17) is 14.9 Å². The van der Waals surface area contributed by atoms with Crippen LogP contribution in [0.2, 0.25) is 0 Å². The van der Waals surface area contributed by atoms with Crippen molar-refractivity contribution in [1.82, 2.24) is 39.2 Å². The molecule has 11 nitrogen and oxygen atoms in total. The van der Waals surface area contributed by atoms with E-state index >= 15 is 0 Å². The molecular formula is C24H27N9O2. The summed E-state index contributed by atoms with van der Waals surface area (Å²) in [7, 11) is 0. The number of unbranched alkanes of at least 4 members (excludes halogenated alkanes) is 1. The van der Waals surface area contributed by atoms with Crippen molar-refractivity contribution >= 4 is 22.6 Å². The Morgan fingerprint density at radius 2 is 2.11 bits per heavy atom. The number of hydrogen-bond acceptors (Lipinski definition) is 9. The lowest BCUT2D eigenvalue weighted by Gasteiger charge is -2.28. The van der Waals surface area contributed by atoms with E-state index in [0.717, 1.165) is 62.3 Å². The van der Waals surface area contributed by atoms with Gasteiger partial charge in [-0.25, -0.2) is 9.67 Å². The first-order chi connectivity index (χ1) is 17.2. The van der Waals surface area contributed by atoms with Crippen LogP contribution in [-0.4, -0.2) is 58.9 Å². The van der Waals surface area contributed by atoms with Gasteiger partial charge in [-0.1, -0.05) is 13.3 Å². The van der Waals surface area contributed by atoms with Gasteiger partial charge in [0.1, 0.15) is 5.75 Å². The van der Waals surface area contributed by atoms with E-state index in [1.54, 1.807) is 18.5 Å². The number of ether oxygens (including phenoxy) is 1. The number of hydrogen-bond donors (Lipinski definition) is 1. The minimum Gasteiger partial charge on any atom is -0.492 e. The van der Waals surface area contributed by atoms with Crippen LogP contribution in [0.15, 0.2) is 41.3 Å². The van der Waals surface area contributed by atoms with Crippen LogP contribution in [0.5, 0.6) is 5.75 Å². The average molecular weight is 474 g/mol. The van der Waals surface area contributed by atoms with Gasteiger partial charge >= 0.3 is 0 Å². The number of anilines is 1. The number of nitrogens with two attached hydrogens (primary N) is 1. The monoisotopic (exact) mass is 473 g/mol. The highest BCUT2D eigenvalue weighted by Gasteiger charge is 2.20. The second-order valence-corrected chi connectivity index (χ2v) is 8.73. The number of furan rings is 1. The number of fused-ring (bicyclic) bond motifs is 4. The third kappa shape index (κ3) is 4.08. The van der Waals surface area contributed by atoms with E-state index in [-0.39, 0.29) is 5.95 Å². The van der Waals surface area contributed by atoms with Gasteiger partial charge in [-0.3, -0.25) is 9.88 Å². The van der Waals surface area contributed by atoms with Crippen LogP contribution < -0.4 is 10.5 Å². The quantitative estimate of drug-likeness (QED) is 0.339. The molecule has 1 aliphatic heterocycles. The van der Waals surface area contributed by atoms with Crippen molar-refractivity contribution < 1.29 is 9.15 Å². The molecule has 0 radical (unpaired) electrons. The maximum Gasteiger partial charge on any atom is 0.225 e. The Labute approximate surface area is 201 Å². The first-order valence-corrected chi connectivity index (χ1v) is 11.9. The van der Waals surface area contributed by atoms with E-state index in [0.29, 0.717) is 29.4 Å². The molecule has 0 bridgehead atoms. The van der Waals surface area contributed by atoms with E-state index in [2.05, 4.69) is 43.0 Å². The molecule has 0 aromatic carbocycles. The van der Waals surface area contributed by atoms with Gasteiger partial charge in [-0.05, 0) is 30.2 Å². The highest BCUT2D eigenvalue weighted by Crippen LogP contribution is 2.25. The zero-order chi connectivity index (χ0) is 23.8. The SMILES string of the molecule is CCCCOc1cnc2c(c1)CN(CCn1ncc3c1nc(N)n1nc(-c4ccco4)nc31)CC2. The van der Waals surface area contributed by atoms with Crippen molar-refractivity contribution in [3.63, 3.8) is 0 Å². The molecule has 0 fully saturated rings. The van der Waals surface area contributed by atoms with Gasteiger partial charge in [0.25, 0.3) is 0 Å². The van der Waals surface area contributed by atoms with Crippen LogP contribution in [-0.2, 0) is 19.5 Å². The molecule has 0 saturated heterocycles. The highest BCUT2D eigenvalue weighted by atomic mass is 16.5. The van der Waals surface area contributed by atoms with Crippen molar-refractivity contribution in [3.05, 3.63) is 48.1 Å². The smallest absolute Gasteiger partial charge is 0.225 e. The molecule has 1 aliphatic rings. The van der Waals surface area contributed by atoms with E-state index < -0.39 is 0 Å².